The van der Waals surface area contributed by atoms with Crippen molar-refractivity contribution in [3.8, 4) is 0 Å². The van der Waals surface area contributed by atoms with Gasteiger partial charge in [-0.2, -0.15) is 0 Å². The molecule has 0 bridgehead atoms. The van der Waals surface area contributed by atoms with Gasteiger partial charge in [0.1, 0.15) is 0 Å². The Labute approximate surface area is 104 Å². The van der Waals surface area contributed by atoms with E-state index in [-0.39, 0.29) is 12.1 Å². The standard InChI is InChI=1S/C13H25NO3/c1-3-7-12(13(15)16-4-2)17-10-11-8-5-6-9-14-11/h11-12,14H,3-10H2,1-2H3. The SMILES string of the molecule is CCCC(OCC1CCCCN1)C(=O)OCC. The van der Waals surface area contributed by atoms with Gasteiger partial charge in [0.05, 0.1) is 13.2 Å². The summed E-state index contributed by atoms with van der Waals surface area (Å²) in [5.41, 5.74) is 0. The lowest BCUT2D eigenvalue weighted by Crippen LogP contribution is -2.40. The summed E-state index contributed by atoms with van der Waals surface area (Å²) in [5.74, 6) is -0.217. The lowest BCUT2D eigenvalue weighted by Gasteiger charge is -2.25. The van der Waals surface area contributed by atoms with E-state index in [1.807, 2.05) is 6.92 Å². The fourth-order valence-electron chi connectivity index (χ4n) is 2.07. The van der Waals surface area contributed by atoms with Crippen LogP contribution in [0.1, 0.15) is 46.0 Å². The molecule has 1 fully saturated rings. The number of nitrogens with one attached hydrogen (secondary N) is 1. The average molecular weight is 243 g/mol. The molecule has 1 aliphatic rings. The second-order valence-corrected chi connectivity index (χ2v) is 4.51. The third kappa shape index (κ3) is 5.50. The molecule has 1 rings (SSSR count). The van der Waals surface area contributed by atoms with Crippen molar-refractivity contribution in [1.82, 2.24) is 5.32 Å². The molecule has 0 amide bonds. The van der Waals surface area contributed by atoms with Gasteiger partial charge >= 0.3 is 5.97 Å². The molecule has 0 saturated carbocycles. The van der Waals surface area contributed by atoms with Crippen molar-refractivity contribution in [2.75, 3.05) is 19.8 Å². The van der Waals surface area contributed by atoms with Gasteiger partial charge in [-0.3, -0.25) is 0 Å². The number of piperidine rings is 1. The minimum Gasteiger partial charge on any atom is -0.464 e. The molecule has 0 radical (unpaired) electrons. The average Bonchev–Trinajstić information content (AvgIpc) is 2.36. The normalized spacial score (nSPS) is 22.1. The fraction of sp³-hybridized carbons (Fsp3) is 0.923. The fourth-order valence-corrected chi connectivity index (χ4v) is 2.07. The van der Waals surface area contributed by atoms with Gasteiger partial charge in [-0.05, 0) is 32.7 Å². The van der Waals surface area contributed by atoms with Crippen LogP contribution in [0.5, 0.6) is 0 Å². The van der Waals surface area contributed by atoms with Crippen molar-refractivity contribution in [2.45, 2.75) is 58.1 Å². The van der Waals surface area contributed by atoms with Crippen molar-refractivity contribution in [3.05, 3.63) is 0 Å². The quantitative estimate of drug-likeness (QED) is 0.694. The Balaban J connectivity index is 2.29. The van der Waals surface area contributed by atoms with E-state index in [0.29, 0.717) is 19.3 Å². The number of rotatable bonds is 7. The number of hydrogen-bond donors (Lipinski definition) is 1. The van der Waals surface area contributed by atoms with Crippen LogP contribution in [0.2, 0.25) is 0 Å². The van der Waals surface area contributed by atoms with Crippen LogP contribution in [0.3, 0.4) is 0 Å². The predicted molar refractivity (Wildman–Crippen MR) is 66.9 cm³/mol. The van der Waals surface area contributed by atoms with Gasteiger partial charge in [-0.25, -0.2) is 4.79 Å². The zero-order valence-electron chi connectivity index (χ0n) is 11.0. The minimum atomic E-state index is -0.385. The van der Waals surface area contributed by atoms with E-state index in [1.165, 1.54) is 12.8 Å². The molecule has 1 N–H and O–H groups in total. The molecule has 0 aromatic carbocycles. The highest BCUT2D eigenvalue weighted by atomic mass is 16.6. The smallest absolute Gasteiger partial charge is 0.335 e. The van der Waals surface area contributed by atoms with Gasteiger partial charge in [0, 0.05) is 6.04 Å². The van der Waals surface area contributed by atoms with Crippen LogP contribution in [0.4, 0.5) is 0 Å². The Kier molecular flexibility index (Phi) is 7.21. The maximum atomic E-state index is 11.6. The van der Waals surface area contributed by atoms with Gasteiger partial charge < -0.3 is 14.8 Å². The molecule has 1 saturated heterocycles. The number of hydrogen-bond acceptors (Lipinski definition) is 4. The Bertz CT molecular complexity index is 215. The zero-order chi connectivity index (χ0) is 12.5. The largest absolute Gasteiger partial charge is 0.464 e. The Hall–Kier alpha value is -0.610. The summed E-state index contributed by atoms with van der Waals surface area (Å²) in [4.78, 5) is 11.6. The topological polar surface area (TPSA) is 47.6 Å². The molecule has 2 atom stereocenters. The highest BCUT2D eigenvalue weighted by molar-refractivity contribution is 5.74. The molecule has 0 aromatic heterocycles. The highest BCUT2D eigenvalue weighted by Gasteiger charge is 2.21. The Morgan fingerprint density at radius 2 is 2.24 bits per heavy atom. The van der Waals surface area contributed by atoms with Crippen LogP contribution in [0.25, 0.3) is 0 Å². The Morgan fingerprint density at radius 3 is 2.82 bits per heavy atom. The van der Waals surface area contributed by atoms with Crippen molar-refractivity contribution in [1.29, 1.82) is 0 Å². The van der Waals surface area contributed by atoms with E-state index >= 15 is 0 Å². The summed E-state index contributed by atoms with van der Waals surface area (Å²) in [6.45, 7) is 5.97. The maximum Gasteiger partial charge on any atom is 0.335 e. The van der Waals surface area contributed by atoms with Crippen LogP contribution in [0, 0.1) is 0 Å². The summed E-state index contributed by atoms with van der Waals surface area (Å²) >= 11 is 0. The Morgan fingerprint density at radius 1 is 1.41 bits per heavy atom. The summed E-state index contributed by atoms with van der Waals surface area (Å²) < 4.78 is 10.7. The molecule has 4 heteroatoms. The molecule has 100 valence electrons. The second kappa shape index (κ2) is 8.48. The van der Waals surface area contributed by atoms with Crippen LogP contribution < -0.4 is 5.32 Å². The molecule has 2 unspecified atom stereocenters. The van der Waals surface area contributed by atoms with E-state index in [2.05, 4.69) is 12.2 Å². The van der Waals surface area contributed by atoms with Crippen molar-refractivity contribution in [3.63, 3.8) is 0 Å². The molecule has 1 heterocycles. The van der Waals surface area contributed by atoms with Gasteiger partial charge in [-0.15, -0.1) is 0 Å². The first-order valence-electron chi connectivity index (χ1n) is 6.79. The van der Waals surface area contributed by atoms with E-state index in [4.69, 9.17) is 9.47 Å². The summed E-state index contributed by atoms with van der Waals surface area (Å²) in [5, 5.41) is 3.41. The number of esters is 1. The predicted octanol–water partition coefficient (Wildman–Crippen LogP) is 1.88. The van der Waals surface area contributed by atoms with E-state index < -0.39 is 0 Å². The van der Waals surface area contributed by atoms with E-state index in [9.17, 15) is 4.79 Å². The molecule has 17 heavy (non-hydrogen) atoms. The third-order valence-electron chi connectivity index (χ3n) is 3.01. The zero-order valence-corrected chi connectivity index (χ0v) is 11.0. The number of carbonyl (C=O) groups is 1. The first-order chi connectivity index (χ1) is 8.27. The molecular weight excluding hydrogens is 218 g/mol. The molecule has 1 aliphatic heterocycles. The van der Waals surface area contributed by atoms with E-state index in [1.54, 1.807) is 0 Å². The lowest BCUT2D eigenvalue weighted by molar-refractivity contribution is -0.157. The van der Waals surface area contributed by atoms with Crippen LogP contribution in [-0.4, -0.2) is 37.9 Å². The van der Waals surface area contributed by atoms with Crippen LogP contribution in [0.15, 0.2) is 0 Å². The lowest BCUT2D eigenvalue weighted by atomic mass is 10.1. The maximum absolute atomic E-state index is 11.6. The summed E-state index contributed by atoms with van der Waals surface area (Å²) in [7, 11) is 0. The molecule has 0 spiro atoms. The van der Waals surface area contributed by atoms with Crippen LogP contribution >= 0.6 is 0 Å². The van der Waals surface area contributed by atoms with Crippen molar-refractivity contribution < 1.29 is 14.3 Å². The molecule has 4 nitrogen and oxygen atoms in total. The second-order valence-electron chi connectivity index (χ2n) is 4.51. The van der Waals surface area contributed by atoms with Crippen molar-refractivity contribution >= 4 is 5.97 Å². The molecule has 0 aromatic rings. The van der Waals surface area contributed by atoms with Crippen molar-refractivity contribution in [2.24, 2.45) is 0 Å². The number of ether oxygens (including phenoxy) is 2. The van der Waals surface area contributed by atoms with Gasteiger partial charge in [-0.1, -0.05) is 19.8 Å². The summed E-state index contributed by atoms with van der Waals surface area (Å²) in [6.07, 6.45) is 4.92. The van der Waals surface area contributed by atoms with Crippen LogP contribution in [-0.2, 0) is 14.3 Å². The van der Waals surface area contributed by atoms with Gasteiger partial charge in [0.15, 0.2) is 6.10 Å². The first kappa shape index (κ1) is 14.5. The van der Waals surface area contributed by atoms with E-state index in [0.717, 1.165) is 25.8 Å². The summed E-state index contributed by atoms with van der Waals surface area (Å²) in [6, 6.07) is 0.400. The van der Waals surface area contributed by atoms with Gasteiger partial charge in [0.2, 0.25) is 0 Å². The minimum absolute atomic E-state index is 0.217. The molecule has 0 aliphatic carbocycles. The highest BCUT2D eigenvalue weighted by Crippen LogP contribution is 2.10. The monoisotopic (exact) mass is 243 g/mol. The van der Waals surface area contributed by atoms with Gasteiger partial charge in [0.25, 0.3) is 0 Å². The first-order valence-corrected chi connectivity index (χ1v) is 6.79. The third-order valence-corrected chi connectivity index (χ3v) is 3.01. The number of carbonyl (C=O) groups excluding carboxylic acids is 1. The molecular formula is C13H25NO3.